The molecular formula is C16H18N4S. The lowest BCUT2D eigenvalue weighted by Gasteiger charge is -2.11. The molecule has 0 bridgehead atoms. The number of hydrogen-bond donors (Lipinski definition) is 2. The Labute approximate surface area is 128 Å². The topological polar surface area (TPSA) is 63.8 Å². The predicted molar refractivity (Wildman–Crippen MR) is 90.4 cm³/mol. The van der Waals surface area contributed by atoms with Crippen LogP contribution in [0.5, 0.6) is 0 Å². The fourth-order valence-electron chi connectivity index (χ4n) is 2.27. The minimum Gasteiger partial charge on any atom is -0.368 e. The normalized spacial score (nSPS) is 11.0. The summed E-state index contributed by atoms with van der Waals surface area (Å²) < 4.78 is 0. The number of thiophene rings is 1. The van der Waals surface area contributed by atoms with Gasteiger partial charge in [0, 0.05) is 10.6 Å². The lowest BCUT2D eigenvalue weighted by atomic mass is 10.1. The molecule has 0 aliphatic rings. The molecule has 3 N–H and O–H groups in total. The number of nitrogens with two attached hydrogens (primary N) is 1. The van der Waals surface area contributed by atoms with Crippen LogP contribution in [-0.2, 0) is 6.42 Å². The van der Waals surface area contributed by atoms with Gasteiger partial charge in [-0.3, -0.25) is 0 Å². The van der Waals surface area contributed by atoms with Crippen LogP contribution in [0.4, 0.5) is 17.5 Å². The Morgan fingerprint density at radius 2 is 2.05 bits per heavy atom. The third kappa shape index (κ3) is 2.56. The standard InChI is InChI=1S/C16H18N4S/c1-4-11-8-12-14(19-16(17)20-15(12)21-11)18-13-7-5-6-9(2)10(13)3/h5-8H,4H2,1-3H3,(H3,17,18,19,20). The van der Waals surface area contributed by atoms with Crippen molar-refractivity contribution in [3.05, 3.63) is 40.3 Å². The highest BCUT2D eigenvalue weighted by molar-refractivity contribution is 7.18. The number of anilines is 3. The van der Waals surface area contributed by atoms with E-state index in [1.165, 1.54) is 16.0 Å². The zero-order valence-electron chi connectivity index (χ0n) is 12.4. The first-order chi connectivity index (χ1) is 10.1. The summed E-state index contributed by atoms with van der Waals surface area (Å²) in [6, 6.07) is 8.34. The van der Waals surface area contributed by atoms with Crippen molar-refractivity contribution in [2.45, 2.75) is 27.2 Å². The molecule has 2 heterocycles. The first-order valence-electron chi connectivity index (χ1n) is 6.97. The molecule has 0 atom stereocenters. The molecule has 0 aliphatic heterocycles. The Balaban J connectivity index is 2.11. The maximum Gasteiger partial charge on any atom is 0.223 e. The summed E-state index contributed by atoms with van der Waals surface area (Å²) in [6.07, 6.45) is 0.990. The Morgan fingerprint density at radius 3 is 2.81 bits per heavy atom. The van der Waals surface area contributed by atoms with Gasteiger partial charge in [0.05, 0.1) is 5.39 Å². The van der Waals surface area contributed by atoms with Gasteiger partial charge in [-0.15, -0.1) is 11.3 Å². The van der Waals surface area contributed by atoms with E-state index in [1.54, 1.807) is 11.3 Å². The fourth-order valence-corrected chi connectivity index (χ4v) is 3.25. The van der Waals surface area contributed by atoms with Gasteiger partial charge in [0.15, 0.2) is 0 Å². The molecule has 0 saturated carbocycles. The molecule has 21 heavy (non-hydrogen) atoms. The summed E-state index contributed by atoms with van der Waals surface area (Å²) in [5.74, 6) is 1.09. The van der Waals surface area contributed by atoms with Crippen LogP contribution in [0.15, 0.2) is 24.3 Å². The van der Waals surface area contributed by atoms with E-state index in [4.69, 9.17) is 5.73 Å². The third-order valence-corrected chi connectivity index (χ3v) is 4.84. The molecule has 3 rings (SSSR count). The largest absolute Gasteiger partial charge is 0.368 e. The molecule has 0 unspecified atom stereocenters. The molecule has 0 fully saturated rings. The number of nitrogens with zero attached hydrogens (tertiary/aromatic N) is 2. The second kappa shape index (κ2) is 5.33. The second-order valence-electron chi connectivity index (χ2n) is 5.09. The third-order valence-electron chi connectivity index (χ3n) is 3.67. The molecule has 0 amide bonds. The van der Waals surface area contributed by atoms with Crippen LogP contribution in [0, 0.1) is 13.8 Å². The molecule has 5 heteroatoms. The van der Waals surface area contributed by atoms with E-state index in [2.05, 4.69) is 54.3 Å². The number of nitrogens with one attached hydrogen (secondary N) is 1. The summed E-state index contributed by atoms with van der Waals surface area (Å²) in [7, 11) is 0. The van der Waals surface area contributed by atoms with Gasteiger partial charge in [-0.25, -0.2) is 4.98 Å². The molecule has 0 radical (unpaired) electrons. The molecule has 1 aromatic carbocycles. The number of aromatic nitrogens is 2. The molecule has 108 valence electrons. The van der Waals surface area contributed by atoms with Crippen LogP contribution < -0.4 is 11.1 Å². The monoisotopic (exact) mass is 298 g/mol. The molecule has 0 saturated heterocycles. The Bertz CT molecular complexity index is 807. The Morgan fingerprint density at radius 1 is 1.24 bits per heavy atom. The summed E-state index contributed by atoms with van der Waals surface area (Å²) >= 11 is 1.67. The smallest absolute Gasteiger partial charge is 0.223 e. The zero-order valence-corrected chi connectivity index (χ0v) is 13.2. The van der Waals surface area contributed by atoms with Gasteiger partial charge in [0.1, 0.15) is 10.6 Å². The van der Waals surface area contributed by atoms with Gasteiger partial charge >= 0.3 is 0 Å². The minimum atomic E-state index is 0.305. The van der Waals surface area contributed by atoms with E-state index >= 15 is 0 Å². The quantitative estimate of drug-likeness (QED) is 0.760. The van der Waals surface area contributed by atoms with Crippen LogP contribution in [0.3, 0.4) is 0 Å². The van der Waals surface area contributed by atoms with Gasteiger partial charge in [0.25, 0.3) is 0 Å². The average molecular weight is 298 g/mol. The van der Waals surface area contributed by atoms with E-state index in [9.17, 15) is 0 Å². The number of rotatable bonds is 3. The number of aryl methyl sites for hydroxylation is 2. The van der Waals surface area contributed by atoms with E-state index in [0.29, 0.717) is 5.95 Å². The van der Waals surface area contributed by atoms with Crippen LogP contribution >= 0.6 is 11.3 Å². The molecular weight excluding hydrogens is 280 g/mol. The highest BCUT2D eigenvalue weighted by Crippen LogP contribution is 2.32. The highest BCUT2D eigenvalue weighted by atomic mass is 32.1. The number of nitrogen functional groups attached to an aromatic ring is 1. The number of hydrogen-bond acceptors (Lipinski definition) is 5. The first-order valence-corrected chi connectivity index (χ1v) is 7.79. The van der Waals surface area contributed by atoms with Crippen LogP contribution in [0.1, 0.15) is 22.9 Å². The van der Waals surface area contributed by atoms with Gasteiger partial charge in [-0.05, 0) is 43.5 Å². The SMILES string of the molecule is CCc1cc2c(Nc3cccc(C)c3C)nc(N)nc2s1. The highest BCUT2D eigenvalue weighted by Gasteiger charge is 2.11. The van der Waals surface area contributed by atoms with Crippen LogP contribution in [-0.4, -0.2) is 9.97 Å². The lowest BCUT2D eigenvalue weighted by Crippen LogP contribution is -2.01. The number of benzene rings is 1. The van der Waals surface area contributed by atoms with Crippen molar-refractivity contribution in [3.63, 3.8) is 0 Å². The van der Waals surface area contributed by atoms with E-state index in [-0.39, 0.29) is 0 Å². The van der Waals surface area contributed by atoms with Crippen molar-refractivity contribution in [2.24, 2.45) is 0 Å². The molecule has 3 aromatic rings. The maximum absolute atomic E-state index is 5.84. The van der Waals surface area contributed by atoms with Gasteiger partial charge in [-0.2, -0.15) is 4.98 Å². The molecule has 2 aromatic heterocycles. The second-order valence-corrected chi connectivity index (χ2v) is 6.20. The average Bonchev–Trinajstić information content (AvgIpc) is 2.87. The Hall–Kier alpha value is -2.14. The summed E-state index contributed by atoms with van der Waals surface area (Å²) in [6.45, 7) is 6.34. The van der Waals surface area contributed by atoms with Crippen molar-refractivity contribution in [2.75, 3.05) is 11.1 Å². The van der Waals surface area contributed by atoms with Crippen molar-refractivity contribution >= 4 is 39.0 Å². The van der Waals surface area contributed by atoms with Crippen molar-refractivity contribution < 1.29 is 0 Å². The molecule has 0 aliphatic carbocycles. The summed E-state index contributed by atoms with van der Waals surface area (Å²) in [5.41, 5.74) is 9.36. The van der Waals surface area contributed by atoms with Gasteiger partial charge in [-0.1, -0.05) is 19.1 Å². The van der Waals surface area contributed by atoms with E-state index in [0.717, 1.165) is 28.1 Å². The lowest BCUT2D eigenvalue weighted by molar-refractivity contribution is 1.19. The predicted octanol–water partition coefficient (Wildman–Crippen LogP) is 4.20. The van der Waals surface area contributed by atoms with Gasteiger partial charge in [0.2, 0.25) is 5.95 Å². The van der Waals surface area contributed by atoms with Crippen LogP contribution in [0.25, 0.3) is 10.2 Å². The summed E-state index contributed by atoms with van der Waals surface area (Å²) in [5, 5.41) is 4.44. The van der Waals surface area contributed by atoms with Crippen molar-refractivity contribution in [3.8, 4) is 0 Å². The number of fused-ring (bicyclic) bond motifs is 1. The molecule has 4 nitrogen and oxygen atoms in total. The Kier molecular flexibility index (Phi) is 3.51. The minimum absolute atomic E-state index is 0.305. The van der Waals surface area contributed by atoms with Crippen molar-refractivity contribution in [1.82, 2.24) is 9.97 Å². The van der Waals surface area contributed by atoms with Crippen LogP contribution in [0.2, 0.25) is 0 Å². The van der Waals surface area contributed by atoms with E-state index in [1.807, 2.05) is 6.07 Å². The fraction of sp³-hybridized carbons (Fsp3) is 0.250. The van der Waals surface area contributed by atoms with E-state index < -0.39 is 0 Å². The summed E-state index contributed by atoms with van der Waals surface area (Å²) in [4.78, 5) is 10.9. The van der Waals surface area contributed by atoms with Crippen molar-refractivity contribution in [1.29, 1.82) is 0 Å². The molecule has 0 spiro atoms. The maximum atomic E-state index is 5.84. The zero-order chi connectivity index (χ0) is 15.0. The first kappa shape index (κ1) is 13.8. The van der Waals surface area contributed by atoms with Gasteiger partial charge < -0.3 is 11.1 Å².